The number of aromatic nitrogens is 1. The first kappa shape index (κ1) is 40.3. The summed E-state index contributed by atoms with van der Waals surface area (Å²) < 4.78 is 2.41. The lowest BCUT2D eigenvalue weighted by Gasteiger charge is -2.35. The topological polar surface area (TPSA) is 8.17 Å². The highest BCUT2D eigenvalue weighted by Crippen LogP contribution is 2.57. The fourth-order valence-electron chi connectivity index (χ4n) is 11.1. The number of rotatable bonds is 9. The number of hydrogen-bond acceptors (Lipinski definition) is 1. The molecule has 2 nitrogen and oxygen atoms in total. The van der Waals surface area contributed by atoms with Gasteiger partial charge in [-0.2, -0.15) is 0 Å². The highest BCUT2D eigenvalue weighted by Gasteiger charge is 2.46. The van der Waals surface area contributed by atoms with E-state index in [9.17, 15) is 0 Å². The first-order valence-electron chi connectivity index (χ1n) is 23.8. The van der Waals surface area contributed by atoms with Gasteiger partial charge in [0.15, 0.2) is 0 Å². The maximum absolute atomic E-state index is 2.44. The van der Waals surface area contributed by atoms with Crippen molar-refractivity contribution in [2.75, 3.05) is 4.90 Å². The number of hydrogen-bond donors (Lipinski definition) is 0. The van der Waals surface area contributed by atoms with Gasteiger partial charge in [0.2, 0.25) is 0 Å². The maximum Gasteiger partial charge on any atom is 0.0714 e. The summed E-state index contributed by atoms with van der Waals surface area (Å²) in [5.41, 5.74) is 21.1. The monoisotopic (exact) mass is 878 g/mol. The van der Waals surface area contributed by atoms with E-state index in [1.807, 2.05) is 0 Å². The van der Waals surface area contributed by atoms with Gasteiger partial charge in [-0.3, -0.25) is 0 Å². The summed E-state index contributed by atoms with van der Waals surface area (Å²) in [6, 6.07) is 102. The molecule has 0 aliphatic heterocycles. The number of benzene rings is 11. The van der Waals surface area contributed by atoms with E-state index in [0.29, 0.717) is 0 Å². The fourth-order valence-corrected chi connectivity index (χ4v) is 11.1. The first-order valence-corrected chi connectivity index (χ1v) is 23.8. The molecule has 12 aromatic rings. The second kappa shape index (κ2) is 16.7. The quantitative estimate of drug-likeness (QED) is 0.140. The van der Waals surface area contributed by atoms with E-state index in [4.69, 9.17) is 0 Å². The summed E-state index contributed by atoms with van der Waals surface area (Å²) in [5, 5.41) is 2.50. The van der Waals surface area contributed by atoms with Crippen molar-refractivity contribution in [3.63, 3.8) is 0 Å². The molecule has 0 spiro atoms. The minimum absolute atomic E-state index is 0.489. The third-order valence-corrected chi connectivity index (χ3v) is 14.3. The molecule has 13 rings (SSSR count). The predicted molar refractivity (Wildman–Crippen MR) is 289 cm³/mol. The molecular formula is C67H46N2. The Kier molecular flexibility index (Phi) is 9.77. The van der Waals surface area contributed by atoms with Crippen LogP contribution < -0.4 is 4.90 Å². The molecule has 1 aromatic heterocycles. The van der Waals surface area contributed by atoms with Gasteiger partial charge >= 0.3 is 0 Å². The molecular weight excluding hydrogens is 833 g/mol. The lowest BCUT2D eigenvalue weighted by atomic mass is 9.67. The van der Waals surface area contributed by atoms with E-state index in [0.717, 1.165) is 22.7 Å². The van der Waals surface area contributed by atoms with Gasteiger partial charge in [0.25, 0.3) is 0 Å². The van der Waals surface area contributed by atoms with Crippen LogP contribution in [0.4, 0.5) is 17.1 Å². The van der Waals surface area contributed by atoms with Crippen LogP contribution in [0.5, 0.6) is 0 Å². The molecule has 324 valence electrons. The Morgan fingerprint density at radius 3 is 1.48 bits per heavy atom. The third kappa shape index (κ3) is 6.72. The molecule has 1 aliphatic rings. The Hall–Kier alpha value is -8.98. The van der Waals surface area contributed by atoms with Crippen molar-refractivity contribution in [1.82, 2.24) is 4.57 Å². The van der Waals surface area contributed by atoms with Crippen LogP contribution in [-0.4, -0.2) is 4.57 Å². The Morgan fingerprint density at radius 2 is 0.754 bits per heavy atom. The van der Waals surface area contributed by atoms with Crippen molar-refractivity contribution in [3.8, 4) is 50.2 Å². The van der Waals surface area contributed by atoms with Crippen LogP contribution in [0.15, 0.2) is 279 Å². The van der Waals surface area contributed by atoms with Crippen LogP contribution in [0.1, 0.15) is 22.3 Å². The molecule has 0 unspecified atom stereocenters. The molecule has 0 bridgehead atoms. The molecule has 0 atom stereocenters. The van der Waals surface area contributed by atoms with E-state index < -0.39 is 5.41 Å². The number of para-hydroxylation sites is 2. The molecule has 69 heavy (non-hydrogen) atoms. The van der Waals surface area contributed by atoms with Crippen molar-refractivity contribution >= 4 is 38.9 Å². The van der Waals surface area contributed by atoms with Crippen molar-refractivity contribution in [2.24, 2.45) is 0 Å². The van der Waals surface area contributed by atoms with Gasteiger partial charge in [0.1, 0.15) is 0 Å². The first-order chi connectivity index (χ1) is 34.2. The molecule has 0 saturated carbocycles. The highest BCUT2D eigenvalue weighted by molar-refractivity contribution is 6.10. The number of anilines is 3. The van der Waals surface area contributed by atoms with Gasteiger partial charge in [0.05, 0.1) is 16.4 Å². The van der Waals surface area contributed by atoms with Crippen molar-refractivity contribution in [1.29, 1.82) is 0 Å². The van der Waals surface area contributed by atoms with Gasteiger partial charge in [-0.25, -0.2) is 0 Å². The summed E-state index contributed by atoms with van der Waals surface area (Å²) in [6.45, 7) is 0. The van der Waals surface area contributed by atoms with E-state index in [1.54, 1.807) is 0 Å². The van der Waals surface area contributed by atoms with Gasteiger partial charge in [-0.15, -0.1) is 0 Å². The summed E-state index contributed by atoms with van der Waals surface area (Å²) in [4.78, 5) is 2.40. The molecule has 1 heterocycles. The van der Waals surface area contributed by atoms with Crippen molar-refractivity contribution < 1.29 is 0 Å². The zero-order valence-electron chi connectivity index (χ0n) is 38.0. The lowest BCUT2D eigenvalue weighted by Crippen LogP contribution is -2.28. The normalized spacial score (nSPS) is 12.5. The Bertz CT molecular complexity index is 3760. The average Bonchev–Trinajstić information content (AvgIpc) is 3.92. The molecule has 0 amide bonds. The SMILES string of the molecule is c1ccc(-c2ccc(-n3c4ccccc4c4ccc(-c5cccc(-c6ccc(N(c7ccccc7)c7ccc8c(c7)C(c7ccccc7)(c7ccccc7)c7ccccc7-8)cc6)c5)cc43)cc2)cc1. The summed E-state index contributed by atoms with van der Waals surface area (Å²) in [6.07, 6.45) is 0. The van der Waals surface area contributed by atoms with E-state index in [2.05, 4.69) is 289 Å². The van der Waals surface area contributed by atoms with Gasteiger partial charge in [0, 0.05) is 33.5 Å². The van der Waals surface area contributed by atoms with Crippen LogP contribution in [0, 0.1) is 0 Å². The average molecular weight is 879 g/mol. The van der Waals surface area contributed by atoms with Gasteiger partial charge in [-0.1, -0.05) is 212 Å². The fraction of sp³-hybridized carbons (Fsp3) is 0.0149. The van der Waals surface area contributed by atoms with Crippen molar-refractivity contribution in [2.45, 2.75) is 5.41 Å². The number of nitrogens with zero attached hydrogens (tertiary/aromatic N) is 2. The molecule has 0 radical (unpaired) electrons. The predicted octanol–water partition coefficient (Wildman–Crippen LogP) is 17.6. The Balaban J connectivity index is 0.881. The Labute approximate surface area is 403 Å². The van der Waals surface area contributed by atoms with Crippen LogP contribution in [-0.2, 0) is 5.41 Å². The standard InChI is InChI=1S/C67H46N2/c1-5-18-47(19-6-1)48-32-39-57(40-33-48)69-65-31-16-14-29-61(65)62-42-36-52(45-66(62)69)51-21-17-20-50(44-51)49-34-37-56(38-35-49)68(55-26-11-4-12-27-55)58-41-43-60-59-28-13-15-30-63(59)67(64(60)46-58,53-22-7-2-8-23-53)54-24-9-3-10-25-54/h1-46H. The van der Waals surface area contributed by atoms with Crippen LogP contribution in [0.3, 0.4) is 0 Å². The minimum atomic E-state index is -0.489. The zero-order chi connectivity index (χ0) is 45.7. The van der Waals surface area contributed by atoms with Crippen molar-refractivity contribution in [3.05, 3.63) is 301 Å². The minimum Gasteiger partial charge on any atom is -0.310 e. The van der Waals surface area contributed by atoms with Gasteiger partial charge < -0.3 is 9.47 Å². The Morgan fingerprint density at radius 1 is 0.275 bits per heavy atom. The van der Waals surface area contributed by atoms with E-state index in [-0.39, 0.29) is 0 Å². The third-order valence-electron chi connectivity index (χ3n) is 14.3. The second-order valence-corrected chi connectivity index (χ2v) is 18.1. The van der Waals surface area contributed by atoms with E-state index >= 15 is 0 Å². The van der Waals surface area contributed by atoms with E-state index in [1.165, 1.54) is 88.6 Å². The molecule has 11 aromatic carbocycles. The van der Waals surface area contributed by atoms with Crippen LogP contribution >= 0.6 is 0 Å². The smallest absolute Gasteiger partial charge is 0.0714 e. The number of fused-ring (bicyclic) bond motifs is 6. The summed E-state index contributed by atoms with van der Waals surface area (Å²) in [5.74, 6) is 0. The lowest BCUT2D eigenvalue weighted by molar-refractivity contribution is 0.768. The van der Waals surface area contributed by atoms with Gasteiger partial charge in [-0.05, 0) is 133 Å². The second-order valence-electron chi connectivity index (χ2n) is 18.1. The molecule has 1 aliphatic carbocycles. The maximum atomic E-state index is 2.44. The molecule has 0 N–H and O–H groups in total. The molecule has 2 heteroatoms. The largest absolute Gasteiger partial charge is 0.310 e. The van der Waals surface area contributed by atoms with Crippen LogP contribution in [0.2, 0.25) is 0 Å². The molecule has 0 fully saturated rings. The molecule has 0 saturated heterocycles. The highest BCUT2D eigenvalue weighted by atomic mass is 15.1. The summed E-state index contributed by atoms with van der Waals surface area (Å²) in [7, 11) is 0. The van der Waals surface area contributed by atoms with Crippen LogP contribution in [0.25, 0.3) is 72.0 Å². The summed E-state index contributed by atoms with van der Waals surface area (Å²) >= 11 is 0. The zero-order valence-corrected chi connectivity index (χ0v) is 38.0.